The van der Waals surface area contributed by atoms with Crippen molar-refractivity contribution >= 4 is 11.6 Å². The Kier molecular flexibility index (Phi) is 3.46. The Labute approximate surface area is 109 Å². The normalized spacial score (nSPS) is 10.3. The summed E-state index contributed by atoms with van der Waals surface area (Å²) in [7, 11) is 1.60. The molecule has 2 aromatic rings. The summed E-state index contributed by atoms with van der Waals surface area (Å²) in [6.07, 6.45) is 1.51. The van der Waals surface area contributed by atoms with Crippen molar-refractivity contribution in [1.82, 2.24) is 4.57 Å². The van der Waals surface area contributed by atoms with Gasteiger partial charge in [0.05, 0.1) is 0 Å². The molecule has 0 aliphatic carbocycles. The number of carbonyl (C=O) groups is 1. The molecular weight excluding hydrogens is 247 g/mol. The lowest BCUT2D eigenvalue weighted by atomic mass is 10.2. The molecule has 0 spiro atoms. The molecule has 1 aromatic heterocycles. The summed E-state index contributed by atoms with van der Waals surface area (Å²) in [6, 6.07) is 7.20. The van der Waals surface area contributed by atoms with Crippen LogP contribution in [-0.2, 0) is 7.05 Å². The molecule has 0 atom stereocenters. The first kappa shape index (κ1) is 13.0. The number of carbonyl (C=O) groups excluding carboxylic acids is 1. The van der Waals surface area contributed by atoms with Gasteiger partial charge in [-0.1, -0.05) is 6.07 Å². The average Bonchev–Trinajstić information content (AvgIpc) is 2.37. The molecule has 0 saturated heterocycles. The fourth-order valence-corrected chi connectivity index (χ4v) is 1.56. The summed E-state index contributed by atoms with van der Waals surface area (Å²) in [4.78, 5) is 23.3. The number of hydrogen-bond acceptors (Lipinski definition) is 2. The molecule has 0 aliphatic rings. The van der Waals surface area contributed by atoms with Crippen LogP contribution in [0.25, 0.3) is 0 Å². The maximum atomic E-state index is 13.3. The molecule has 1 heterocycles. The van der Waals surface area contributed by atoms with Crippen molar-refractivity contribution in [2.24, 2.45) is 7.05 Å². The van der Waals surface area contributed by atoms with Crippen LogP contribution in [0.2, 0.25) is 0 Å². The van der Waals surface area contributed by atoms with Gasteiger partial charge in [0.25, 0.3) is 11.5 Å². The molecule has 1 aromatic carbocycles. The predicted molar refractivity (Wildman–Crippen MR) is 70.8 cm³/mol. The van der Waals surface area contributed by atoms with Gasteiger partial charge in [0.1, 0.15) is 5.82 Å². The molecule has 1 N–H and O–H groups in total. The molecule has 0 saturated carbocycles. The van der Waals surface area contributed by atoms with Crippen LogP contribution in [0.5, 0.6) is 0 Å². The monoisotopic (exact) mass is 260 g/mol. The summed E-state index contributed by atoms with van der Waals surface area (Å²) >= 11 is 0. The highest BCUT2D eigenvalue weighted by Crippen LogP contribution is 2.14. The van der Waals surface area contributed by atoms with Crippen molar-refractivity contribution in [3.05, 3.63) is 63.8 Å². The van der Waals surface area contributed by atoms with E-state index in [0.29, 0.717) is 11.3 Å². The maximum Gasteiger partial charge on any atom is 0.255 e. The van der Waals surface area contributed by atoms with Gasteiger partial charge in [-0.05, 0) is 30.7 Å². The number of anilines is 1. The van der Waals surface area contributed by atoms with Gasteiger partial charge < -0.3 is 9.88 Å². The van der Waals surface area contributed by atoms with Gasteiger partial charge >= 0.3 is 0 Å². The van der Waals surface area contributed by atoms with E-state index >= 15 is 0 Å². The minimum atomic E-state index is -0.444. The Morgan fingerprint density at radius 1 is 1.26 bits per heavy atom. The minimum Gasteiger partial charge on any atom is -0.322 e. The Hall–Kier alpha value is -2.43. The molecule has 4 nitrogen and oxygen atoms in total. The lowest BCUT2D eigenvalue weighted by molar-refractivity contribution is 0.102. The van der Waals surface area contributed by atoms with Crippen molar-refractivity contribution < 1.29 is 9.18 Å². The zero-order valence-corrected chi connectivity index (χ0v) is 10.6. The van der Waals surface area contributed by atoms with E-state index in [2.05, 4.69) is 5.32 Å². The Balaban J connectivity index is 2.23. The second-order valence-electron chi connectivity index (χ2n) is 4.28. The highest BCUT2D eigenvalue weighted by atomic mass is 19.1. The van der Waals surface area contributed by atoms with Crippen molar-refractivity contribution in [3.8, 4) is 0 Å². The summed E-state index contributed by atoms with van der Waals surface area (Å²) < 4.78 is 14.7. The van der Waals surface area contributed by atoms with E-state index in [1.165, 1.54) is 29.0 Å². The molecule has 0 bridgehead atoms. The summed E-state index contributed by atoms with van der Waals surface area (Å²) in [5.74, 6) is -0.831. The number of nitrogens with one attached hydrogen (secondary N) is 1. The van der Waals surface area contributed by atoms with E-state index in [1.54, 1.807) is 26.1 Å². The Bertz CT molecular complexity index is 692. The maximum absolute atomic E-state index is 13.3. The number of halogens is 1. The van der Waals surface area contributed by atoms with Crippen LogP contribution < -0.4 is 10.9 Å². The SMILES string of the molecule is Cc1ccc(NC(=O)c2ccn(C)c(=O)c2)cc1F. The number of pyridine rings is 1. The van der Waals surface area contributed by atoms with Gasteiger partial charge in [-0.25, -0.2) is 4.39 Å². The third-order valence-corrected chi connectivity index (χ3v) is 2.80. The van der Waals surface area contributed by atoms with E-state index in [-0.39, 0.29) is 16.9 Å². The molecule has 98 valence electrons. The number of hydrogen-bond donors (Lipinski definition) is 1. The van der Waals surface area contributed by atoms with Crippen LogP contribution in [-0.4, -0.2) is 10.5 Å². The Morgan fingerprint density at radius 3 is 2.63 bits per heavy atom. The van der Waals surface area contributed by atoms with Crippen LogP contribution in [0.4, 0.5) is 10.1 Å². The smallest absolute Gasteiger partial charge is 0.255 e. The summed E-state index contributed by atoms with van der Waals surface area (Å²) in [5, 5.41) is 2.55. The van der Waals surface area contributed by atoms with Crippen molar-refractivity contribution in [3.63, 3.8) is 0 Å². The molecule has 19 heavy (non-hydrogen) atoms. The lowest BCUT2D eigenvalue weighted by Gasteiger charge is -2.06. The van der Waals surface area contributed by atoms with E-state index in [1.807, 2.05) is 0 Å². The fraction of sp³-hybridized carbons (Fsp3) is 0.143. The van der Waals surface area contributed by atoms with Crippen molar-refractivity contribution in [2.45, 2.75) is 6.92 Å². The zero-order valence-electron chi connectivity index (χ0n) is 10.6. The fourth-order valence-electron chi connectivity index (χ4n) is 1.56. The van der Waals surface area contributed by atoms with Gasteiger partial charge in [0.15, 0.2) is 0 Å². The molecule has 2 rings (SSSR count). The lowest BCUT2D eigenvalue weighted by Crippen LogP contribution is -2.20. The van der Waals surface area contributed by atoms with Crippen molar-refractivity contribution in [1.29, 1.82) is 0 Å². The van der Waals surface area contributed by atoms with Gasteiger partial charge in [-0.2, -0.15) is 0 Å². The minimum absolute atomic E-state index is 0.240. The quantitative estimate of drug-likeness (QED) is 0.898. The van der Waals surface area contributed by atoms with Crippen LogP contribution in [0.15, 0.2) is 41.3 Å². The third-order valence-electron chi connectivity index (χ3n) is 2.80. The highest BCUT2D eigenvalue weighted by molar-refractivity contribution is 6.04. The average molecular weight is 260 g/mol. The summed E-state index contributed by atoms with van der Waals surface area (Å²) in [6.45, 7) is 1.64. The second-order valence-corrected chi connectivity index (χ2v) is 4.28. The molecule has 5 heteroatoms. The number of benzene rings is 1. The Morgan fingerprint density at radius 2 is 2.00 bits per heavy atom. The number of nitrogens with zero attached hydrogens (tertiary/aromatic N) is 1. The molecule has 0 unspecified atom stereocenters. The standard InChI is InChI=1S/C14H13FN2O2/c1-9-3-4-11(8-12(9)15)16-14(19)10-5-6-17(2)13(18)7-10/h3-8H,1-2H3,(H,16,19). The zero-order chi connectivity index (χ0) is 14.0. The van der Waals surface area contributed by atoms with Crippen molar-refractivity contribution in [2.75, 3.05) is 5.32 Å². The topological polar surface area (TPSA) is 51.1 Å². The molecule has 1 amide bonds. The van der Waals surface area contributed by atoms with Crippen LogP contribution >= 0.6 is 0 Å². The number of rotatable bonds is 2. The van der Waals surface area contributed by atoms with Gasteiger partial charge in [-0.15, -0.1) is 0 Å². The number of aryl methyl sites for hydroxylation is 2. The van der Waals surface area contributed by atoms with Crippen LogP contribution in [0.3, 0.4) is 0 Å². The van der Waals surface area contributed by atoms with Gasteiger partial charge in [0, 0.05) is 30.6 Å². The molecule has 0 fully saturated rings. The van der Waals surface area contributed by atoms with Gasteiger partial charge in [0.2, 0.25) is 0 Å². The summed E-state index contributed by atoms with van der Waals surface area (Å²) in [5.41, 5.74) is 0.826. The molecular formula is C14H13FN2O2. The first-order valence-corrected chi connectivity index (χ1v) is 5.71. The van der Waals surface area contributed by atoms with E-state index in [9.17, 15) is 14.0 Å². The number of amides is 1. The largest absolute Gasteiger partial charge is 0.322 e. The number of aromatic nitrogens is 1. The first-order chi connectivity index (χ1) is 8.97. The van der Waals surface area contributed by atoms with Gasteiger partial charge in [-0.3, -0.25) is 9.59 Å². The molecule has 0 radical (unpaired) electrons. The van der Waals surface area contributed by atoms with E-state index < -0.39 is 5.91 Å². The first-order valence-electron chi connectivity index (χ1n) is 5.71. The highest BCUT2D eigenvalue weighted by Gasteiger charge is 2.08. The second kappa shape index (κ2) is 5.06. The van der Waals surface area contributed by atoms with E-state index in [4.69, 9.17) is 0 Å². The van der Waals surface area contributed by atoms with E-state index in [0.717, 1.165) is 0 Å². The van der Waals surface area contributed by atoms with Crippen LogP contribution in [0.1, 0.15) is 15.9 Å². The molecule has 0 aliphatic heterocycles. The predicted octanol–water partition coefficient (Wildman–Crippen LogP) is 2.09. The van der Waals surface area contributed by atoms with Crippen LogP contribution in [0, 0.1) is 12.7 Å². The third kappa shape index (κ3) is 2.88.